The summed E-state index contributed by atoms with van der Waals surface area (Å²) >= 11 is 0. The zero-order valence-corrected chi connectivity index (χ0v) is 23.5. The number of carbonyl (C=O) groups excluding carboxylic acids is 1. The Bertz CT molecular complexity index is 1120. The van der Waals surface area contributed by atoms with E-state index in [2.05, 4.69) is 50.6 Å². The number of methoxy groups -OCH3 is 2. The molecule has 1 amide bonds. The van der Waals surface area contributed by atoms with E-state index < -0.39 is 8.32 Å². The first kappa shape index (κ1) is 27.6. The van der Waals surface area contributed by atoms with Crippen LogP contribution in [0, 0.1) is 11.3 Å². The van der Waals surface area contributed by atoms with Gasteiger partial charge in [0.15, 0.2) is 19.8 Å². The van der Waals surface area contributed by atoms with E-state index in [1.54, 1.807) is 26.4 Å². The van der Waals surface area contributed by atoms with Crippen molar-refractivity contribution >= 4 is 19.9 Å². The van der Waals surface area contributed by atoms with Gasteiger partial charge in [-0.2, -0.15) is 5.26 Å². The van der Waals surface area contributed by atoms with Crippen molar-refractivity contribution < 1.29 is 18.7 Å². The number of rotatable bonds is 9. The topological polar surface area (TPSA) is 92.6 Å². The van der Waals surface area contributed by atoms with Crippen LogP contribution < -0.4 is 20.1 Å². The van der Waals surface area contributed by atoms with Gasteiger partial charge in [-0.3, -0.25) is 4.79 Å². The molecule has 0 aliphatic heterocycles. The van der Waals surface area contributed by atoms with Crippen LogP contribution in [0.2, 0.25) is 18.1 Å². The molecule has 3 rings (SSSR count). The van der Waals surface area contributed by atoms with Crippen LogP contribution in [-0.2, 0) is 11.0 Å². The number of amides is 1. The summed E-state index contributed by atoms with van der Waals surface area (Å²) in [7, 11) is 1.33. The molecule has 194 valence electrons. The Morgan fingerprint density at radius 2 is 1.81 bits per heavy atom. The van der Waals surface area contributed by atoms with E-state index >= 15 is 0 Å². The van der Waals surface area contributed by atoms with Crippen molar-refractivity contribution in [2.75, 3.05) is 19.5 Å². The molecule has 8 heteroatoms. The number of anilines is 1. The summed E-state index contributed by atoms with van der Waals surface area (Å²) < 4.78 is 17.3. The van der Waals surface area contributed by atoms with Crippen LogP contribution in [0.25, 0.3) is 0 Å². The van der Waals surface area contributed by atoms with E-state index in [0.717, 1.165) is 30.5 Å². The van der Waals surface area contributed by atoms with Crippen molar-refractivity contribution in [2.24, 2.45) is 0 Å². The number of nitriles is 1. The molecule has 0 bridgehead atoms. The fourth-order valence-electron chi connectivity index (χ4n) is 4.19. The van der Waals surface area contributed by atoms with Gasteiger partial charge in [0.1, 0.15) is 0 Å². The number of ether oxygens (including phenoxy) is 2. The Morgan fingerprint density at radius 3 is 2.44 bits per heavy atom. The molecule has 1 fully saturated rings. The van der Waals surface area contributed by atoms with E-state index in [1.807, 2.05) is 24.3 Å². The Morgan fingerprint density at radius 1 is 1.08 bits per heavy atom. The second-order valence-electron chi connectivity index (χ2n) is 10.9. The lowest BCUT2D eigenvalue weighted by atomic mass is 10.1. The third-order valence-corrected chi connectivity index (χ3v) is 11.8. The zero-order chi connectivity index (χ0) is 26.5. The number of hydrogen-bond acceptors (Lipinski definition) is 6. The van der Waals surface area contributed by atoms with Gasteiger partial charge < -0.3 is 24.5 Å². The predicted molar refractivity (Wildman–Crippen MR) is 145 cm³/mol. The quantitative estimate of drug-likeness (QED) is 0.411. The summed E-state index contributed by atoms with van der Waals surface area (Å²) in [5, 5.41) is 16.1. The third kappa shape index (κ3) is 6.59. The second kappa shape index (κ2) is 11.4. The van der Waals surface area contributed by atoms with Crippen molar-refractivity contribution in [1.29, 1.82) is 5.26 Å². The number of hydrogen-bond donors (Lipinski definition) is 2. The average molecular weight is 510 g/mol. The maximum atomic E-state index is 13.2. The molecule has 0 heterocycles. The lowest BCUT2D eigenvalue weighted by Gasteiger charge is -2.38. The summed E-state index contributed by atoms with van der Waals surface area (Å²) in [6.07, 6.45) is 3.11. The molecule has 0 radical (unpaired) electrons. The minimum atomic E-state index is -1.83. The van der Waals surface area contributed by atoms with Crippen molar-refractivity contribution in [2.45, 2.75) is 76.9 Å². The lowest BCUT2D eigenvalue weighted by Crippen LogP contribution is -2.43. The number of carbonyl (C=O) groups is 1. The fraction of sp³-hybridized carbons (Fsp3) is 0.500. The van der Waals surface area contributed by atoms with Crippen LogP contribution >= 0.6 is 0 Å². The van der Waals surface area contributed by atoms with Crippen LogP contribution in [-0.4, -0.2) is 40.6 Å². The van der Waals surface area contributed by atoms with Crippen molar-refractivity contribution in [3.05, 3.63) is 53.1 Å². The van der Waals surface area contributed by atoms with Crippen molar-refractivity contribution in [3.8, 4) is 17.6 Å². The maximum absolute atomic E-state index is 13.2. The highest BCUT2D eigenvalue weighted by molar-refractivity contribution is 6.74. The minimum absolute atomic E-state index is 0.171. The molecule has 1 aliphatic carbocycles. The van der Waals surface area contributed by atoms with E-state index in [1.165, 1.54) is 0 Å². The number of nitrogens with one attached hydrogen (secondary N) is 2. The highest BCUT2D eigenvalue weighted by Gasteiger charge is 2.40. The Labute approximate surface area is 216 Å². The molecule has 0 spiro atoms. The fourth-order valence-corrected chi connectivity index (χ4v) is 5.59. The summed E-state index contributed by atoms with van der Waals surface area (Å²) in [5.74, 6) is 0.999. The molecule has 2 aromatic carbocycles. The number of benzene rings is 2. The molecule has 1 aliphatic rings. The van der Waals surface area contributed by atoms with Gasteiger partial charge in [0.2, 0.25) is 0 Å². The predicted octanol–water partition coefficient (Wildman–Crippen LogP) is 5.86. The summed E-state index contributed by atoms with van der Waals surface area (Å²) in [4.78, 5) is 13.2. The van der Waals surface area contributed by atoms with Crippen LogP contribution in [0.15, 0.2) is 36.4 Å². The first-order valence-corrected chi connectivity index (χ1v) is 15.4. The van der Waals surface area contributed by atoms with Gasteiger partial charge in [-0.05, 0) is 73.3 Å². The smallest absolute Gasteiger partial charge is 0.253 e. The molecule has 36 heavy (non-hydrogen) atoms. The Kier molecular flexibility index (Phi) is 8.70. The molecule has 2 unspecified atom stereocenters. The van der Waals surface area contributed by atoms with Gasteiger partial charge in [0.05, 0.1) is 31.4 Å². The van der Waals surface area contributed by atoms with Gasteiger partial charge in [-0.15, -0.1) is 0 Å². The first-order chi connectivity index (χ1) is 17.0. The van der Waals surface area contributed by atoms with E-state index in [-0.39, 0.29) is 23.1 Å². The molecule has 0 aromatic heterocycles. The molecular weight excluding hydrogens is 470 g/mol. The largest absolute Gasteiger partial charge is 0.493 e. The normalized spacial score (nSPS) is 17.8. The highest BCUT2D eigenvalue weighted by Crippen LogP contribution is 2.40. The Hall–Kier alpha value is -3.02. The van der Waals surface area contributed by atoms with Crippen molar-refractivity contribution in [3.63, 3.8) is 0 Å². The molecule has 1 saturated carbocycles. The van der Waals surface area contributed by atoms with Crippen LogP contribution in [0.3, 0.4) is 0 Å². The highest BCUT2D eigenvalue weighted by atomic mass is 28.4. The zero-order valence-electron chi connectivity index (χ0n) is 22.5. The molecule has 2 atom stereocenters. The van der Waals surface area contributed by atoms with Crippen molar-refractivity contribution in [1.82, 2.24) is 5.32 Å². The first-order valence-electron chi connectivity index (χ1n) is 12.4. The SMILES string of the molecule is COc1ccc(CNC(=O)c2cc(C#N)ccc2NC2CCC(O[Si](C)(C)C(C)(C)C)C2)cc1OC. The van der Waals surface area contributed by atoms with E-state index in [0.29, 0.717) is 29.2 Å². The molecular formula is C28H39N3O4Si. The van der Waals surface area contributed by atoms with E-state index in [9.17, 15) is 10.1 Å². The lowest BCUT2D eigenvalue weighted by molar-refractivity contribution is 0.0951. The van der Waals surface area contributed by atoms with Gasteiger partial charge in [-0.25, -0.2) is 0 Å². The molecule has 7 nitrogen and oxygen atoms in total. The van der Waals surface area contributed by atoms with Crippen LogP contribution in [0.4, 0.5) is 5.69 Å². The van der Waals surface area contributed by atoms with Gasteiger partial charge in [-0.1, -0.05) is 26.8 Å². The number of nitrogens with zero attached hydrogens (tertiary/aromatic N) is 1. The minimum Gasteiger partial charge on any atom is -0.493 e. The van der Waals surface area contributed by atoms with Gasteiger partial charge >= 0.3 is 0 Å². The van der Waals surface area contributed by atoms with Crippen LogP contribution in [0.5, 0.6) is 11.5 Å². The Balaban J connectivity index is 1.69. The van der Waals surface area contributed by atoms with E-state index in [4.69, 9.17) is 13.9 Å². The maximum Gasteiger partial charge on any atom is 0.253 e. The summed E-state index contributed by atoms with van der Waals surface area (Å²) in [6.45, 7) is 11.7. The molecule has 2 aromatic rings. The van der Waals surface area contributed by atoms with Gasteiger partial charge in [0, 0.05) is 24.4 Å². The monoisotopic (exact) mass is 509 g/mol. The summed E-state index contributed by atoms with van der Waals surface area (Å²) in [5.41, 5.74) is 2.52. The van der Waals surface area contributed by atoms with Gasteiger partial charge in [0.25, 0.3) is 5.91 Å². The molecule has 2 N–H and O–H groups in total. The summed E-state index contributed by atoms with van der Waals surface area (Å²) in [6, 6.07) is 13.1. The second-order valence-corrected chi connectivity index (χ2v) is 15.7. The van der Waals surface area contributed by atoms with Crippen LogP contribution in [0.1, 0.15) is 61.5 Å². The third-order valence-electron chi connectivity index (χ3n) is 7.31. The average Bonchev–Trinajstić information content (AvgIpc) is 3.27. The standard InChI is InChI=1S/C28H39N3O4Si/c1-28(2,3)36(6,7)35-22-11-10-21(16-22)31-24-12-8-19(17-29)14-23(24)27(32)30-18-20-9-13-25(33-4)26(15-20)34-5/h8-9,12-15,21-22,31H,10-11,16,18H2,1-7H3,(H,30,32). The molecule has 0 saturated heterocycles.